The first-order valence-corrected chi connectivity index (χ1v) is 10.5. The average molecular weight is 395 g/mol. The van der Waals surface area contributed by atoms with Crippen LogP contribution < -0.4 is 9.62 Å². The number of anilines is 1. The summed E-state index contributed by atoms with van der Waals surface area (Å²) in [5.74, 6) is -0.213. The van der Waals surface area contributed by atoms with Crippen molar-refractivity contribution >= 4 is 33.2 Å². The van der Waals surface area contributed by atoms with Gasteiger partial charge < -0.3 is 5.32 Å². The molecule has 2 aromatic rings. The predicted molar refractivity (Wildman–Crippen MR) is 106 cm³/mol. The minimum atomic E-state index is -3.54. The summed E-state index contributed by atoms with van der Waals surface area (Å²) in [6.45, 7) is 3.70. The highest BCUT2D eigenvalue weighted by molar-refractivity contribution is 7.92. The van der Waals surface area contributed by atoms with Crippen LogP contribution in [0.3, 0.4) is 0 Å². The van der Waals surface area contributed by atoms with Crippen LogP contribution >= 0.6 is 11.6 Å². The highest BCUT2D eigenvalue weighted by atomic mass is 35.5. The van der Waals surface area contributed by atoms with Gasteiger partial charge in [-0.15, -0.1) is 0 Å². The zero-order valence-corrected chi connectivity index (χ0v) is 16.6. The van der Waals surface area contributed by atoms with Gasteiger partial charge >= 0.3 is 0 Å². The normalized spacial score (nSPS) is 12.5. The van der Waals surface area contributed by atoms with Crippen molar-refractivity contribution in [2.45, 2.75) is 26.3 Å². The Balaban J connectivity index is 2.08. The lowest BCUT2D eigenvalue weighted by molar-refractivity contribution is -0.121. The van der Waals surface area contributed by atoms with Crippen LogP contribution in [0.15, 0.2) is 48.5 Å². The fourth-order valence-corrected chi connectivity index (χ4v) is 3.82. The van der Waals surface area contributed by atoms with Crippen LogP contribution in [0.25, 0.3) is 0 Å². The molecule has 0 saturated heterocycles. The molecule has 0 aromatic heterocycles. The van der Waals surface area contributed by atoms with Crippen molar-refractivity contribution in [1.82, 2.24) is 5.32 Å². The summed E-state index contributed by atoms with van der Waals surface area (Å²) in [6.07, 6.45) is 1.17. The van der Waals surface area contributed by atoms with Crippen LogP contribution in [0.1, 0.15) is 30.5 Å². The molecule has 2 aromatic carbocycles. The van der Waals surface area contributed by atoms with Crippen molar-refractivity contribution in [3.63, 3.8) is 0 Å². The van der Waals surface area contributed by atoms with Crippen molar-refractivity contribution in [3.05, 3.63) is 64.7 Å². The number of sulfonamides is 1. The second-order valence-corrected chi connectivity index (χ2v) is 8.48. The molecule has 5 nitrogen and oxygen atoms in total. The lowest BCUT2D eigenvalue weighted by Crippen LogP contribution is -2.35. The number of carbonyl (C=O) groups excluding carboxylic acids is 1. The third-order valence-corrected chi connectivity index (χ3v) is 5.72. The molecule has 0 fully saturated rings. The third kappa shape index (κ3) is 5.22. The molecule has 1 unspecified atom stereocenters. The summed E-state index contributed by atoms with van der Waals surface area (Å²) < 4.78 is 25.6. The van der Waals surface area contributed by atoms with Crippen LogP contribution in [-0.4, -0.2) is 27.1 Å². The number of benzene rings is 2. The summed E-state index contributed by atoms with van der Waals surface area (Å²) in [4.78, 5) is 12.3. The maximum Gasteiger partial charge on any atom is 0.232 e. The van der Waals surface area contributed by atoms with E-state index in [1.807, 2.05) is 37.3 Å². The fraction of sp³-hybridized carbons (Fsp3) is 0.316. The van der Waals surface area contributed by atoms with Gasteiger partial charge in [-0.1, -0.05) is 48.0 Å². The number of hydrogen-bond donors (Lipinski definition) is 1. The highest BCUT2D eigenvalue weighted by Crippen LogP contribution is 2.28. The SMILES string of the molecule is Cc1c(Cl)cccc1N(CCC(=O)NC(C)c1ccccc1)S(C)(=O)=O. The van der Waals surface area contributed by atoms with Crippen molar-refractivity contribution in [2.24, 2.45) is 0 Å². The molecular formula is C19H23ClN2O3S. The number of carbonyl (C=O) groups is 1. The number of nitrogens with zero attached hydrogens (tertiary/aromatic N) is 1. The molecule has 26 heavy (non-hydrogen) atoms. The second kappa shape index (κ2) is 8.56. The van der Waals surface area contributed by atoms with Gasteiger partial charge in [0.25, 0.3) is 0 Å². The molecular weight excluding hydrogens is 372 g/mol. The maximum absolute atomic E-state index is 12.3. The van der Waals surface area contributed by atoms with E-state index < -0.39 is 10.0 Å². The average Bonchev–Trinajstić information content (AvgIpc) is 2.58. The topological polar surface area (TPSA) is 66.5 Å². The van der Waals surface area contributed by atoms with Gasteiger partial charge in [0.2, 0.25) is 15.9 Å². The minimum absolute atomic E-state index is 0.0490. The monoisotopic (exact) mass is 394 g/mol. The Morgan fingerprint density at radius 3 is 2.42 bits per heavy atom. The van der Waals surface area contributed by atoms with E-state index in [-0.39, 0.29) is 24.9 Å². The van der Waals surface area contributed by atoms with Gasteiger partial charge in [0, 0.05) is 18.0 Å². The standard InChI is InChI=1S/C19H23ClN2O3S/c1-14-17(20)10-7-11-18(14)22(26(3,24)25)13-12-19(23)21-15(2)16-8-5-4-6-9-16/h4-11,15H,12-13H2,1-3H3,(H,21,23). The molecule has 0 aliphatic heterocycles. The van der Waals surface area contributed by atoms with Crippen molar-refractivity contribution in [2.75, 3.05) is 17.1 Å². The Labute approximate surface area is 160 Å². The van der Waals surface area contributed by atoms with E-state index in [0.717, 1.165) is 11.8 Å². The van der Waals surface area contributed by atoms with Gasteiger partial charge in [-0.2, -0.15) is 0 Å². The molecule has 7 heteroatoms. The van der Waals surface area contributed by atoms with Crippen molar-refractivity contribution < 1.29 is 13.2 Å². The summed E-state index contributed by atoms with van der Waals surface area (Å²) >= 11 is 6.11. The Bertz CT molecular complexity index is 870. The number of nitrogens with one attached hydrogen (secondary N) is 1. The smallest absolute Gasteiger partial charge is 0.232 e. The minimum Gasteiger partial charge on any atom is -0.350 e. The van der Waals surface area contributed by atoms with Crippen molar-refractivity contribution in [1.29, 1.82) is 0 Å². The maximum atomic E-state index is 12.3. The van der Waals surface area contributed by atoms with Gasteiger partial charge in [0.05, 0.1) is 18.0 Å². The first-order chi connectivity index (χ1) is 12.2. The van der Waals surface area contributed by atoms with E-state index in [2.05, 4.69) is 5.32 Å². The van der Waals surface area contributed by atoms with E-state index in [4.69, 9.17) is 11.6 Å². The number of hydrogen-bond acceptors (Lipinski definition) is 3. The van der Waals surface area contributed by atoms with E-state index in [9.17, 15) is 13.2 Å². The van der Waals surface area contributed by atoms with E-state index in [1.54, 1.807) is 25.1 Å². The molecule has 2 rings (SSSR count). The Hall–Kier alpha value is -2.05. The largest absolute Gasteiger partial charge is 0.350 e. The van der Waals surface area contributed by atoms with Crippen LogP contribution in [0.2, 0.25) is 5.02 Å². The van der Waals surface area contributed by atoms with Crippen LogP contribution in [0.4, 0.5) is 5.69 Å². The molecule has 1 atom stereocenters. The molecule has 0 bridgehead atoms. The van der Waals surface area contributed by atoms with Crippen LogP contribution in [0, 0.1) is 6.92 Å². The lowest BCUT2D eigenvalue weighted by Gasteiger charge is -2.24. The summed E-state index contributed by atoms with van der Waals surface area (Å²) in [6, 6.07) is 14.5. The molecule has 0 heterocycles. The Kier molecular flexibility index (Phi) is 6.67. The van der Waals surface area contributed by atoms with Gasteiger partial charge in [-0.25, -0.2) is 8.42 Å². The van der Waals surface area contributed by atoms with E-state index >= 15 is 0 Å². The number of amides is 1. The molecule has 0 spiro atoms. The van der Waals surface area contributed by atoms with Gasteiger partial charge in [0.1, 0.15) is 0 Å². The third-order valence-electron chi connectivity index (χ3n) is 4.13. The Morgan fingerprint density at radius 1 is 1.15 bits per heavy atom. The molecule has 0 aliphatic rings. The fourth-order valence-electron chi connectivity index (χ4n) is 2.67. The second-order valence-electron chi connectivity index (χ2n) is 6.17. The summed E-state index contributed by atoms with van der Waals surface area (Å²) in [5.41, 5.74) is 2.15. The number of rotatable bonds is 7. The Morgan fingerprint density at radius 2 is 1.81 bits per heavy atom. The molecule has 1 N–H and O–H groups in total. The summed E-state index contributed by atoms with van der Waals surface area (Å²) in [7, 11) is -3.54. The molecule has 140 valence electrons. The van der Waals surface area contributed by atoms with Gasteiger partial charge in [0.15, 0.2) is 0 Å². The number of halogens is 1. The van der Waals surface area contributed by atoms with E-state index in [0.29, 0.717) is 16.3 Å². The lowest BCUT2D eigenvalue weighted by atomic mass is 10.1. The molecule has 0 radical (unpaired) electrons. The van der Waals surface area contributed by atoms with Crippen LogP contribution in [-0.2, 0) is 14.8 Å². The van der Waals surface area contributed by atoms with Crippen molar-refractivity contribution in [3.8, 4) is 0 Å². The molecule has 0 saturated carbocycles. The van der Waals surface area contributed by atoms with Gasteiger partial charge in [-0.3, -0.25) is 9.10 Å². The predicted octanol–water partition coefficient (Wildman–Crippen LogP) is 3.68. The first kappa shape index (κ1) is 20.3. The first-order valence-electron chi connectivity index (χ1n) is 8.27. The summed E-state index contributed by atoms with van der Waals surface area (Å²) in [5, 5.41) is 3.38. The quantitative estimate of drug-likeness (QED) is 0.778. The zero-order chi connectivity index (χ0) is 19.3. The molecule has 1 amide bonds. The highest BCUT2D eigenvalue weighted by Gasteiger charge is 2.21. The van der Waals surface area contributed by atoms with Crippen LogP contribution in [0.5, 0.6) is 0 Å². The van der Waals surface area contributed by atoms with Gasteiger partial charge in [-0.05, 0) is 37.1 Å². The molecule has 0 aliphatic carbocycles. The van der Waals surface area contributed by atoms with E-state index in [1.165, 1.54) is 4.31 Å². The zero-order valence-electron chi connectivity index (χ0n) is 15.1.